The number of hydrogen-bond donors (Lipinski definition) is 3. The zero-order chi connectivity index (χ0) is 21.8. The van der Waals surface area contributed by atoms with Crippen LogP contribution in [0.2, 0.25) is 0 Å². The fraction of sp³-hybridized carbons (Fsp3) is 0.409. The number of carbonyl (C=O) groups is 1. The third-order valence-electron chi connectivity index (χ3n) is 5.35. The van der Waals surface area contributed by atoms with Gasteiger partial charge in [0.05, 0.1) is 4.90 Å². The summed E-state index contributed by atoms with van der Waals surface area (Å²) >= 11 is 0. The van der Waals surface area contributed by atoms with Gasteiger partial charge in [-0.25, -0.2) is 13.5 Å². The highest BCUT2D eigenvalue weighted by Crippen LogP contribution is 2.29. The SMILES string of the molecule is CCCC(CCC)C1C=Cc2c(cn(C)c2C(=O)Nc2ccc(F)c(F)c2)S(=N)N1. The highest BCUT2D eigenvalue weighted by Gasteiger charge is 2.27. The second-order valence-electron chi connectivity index (χ2n) is 7.60. The zero-order valence-electron chi connectivity index (χ0n) is 17.5. The maximum atomic E-state index is 13.5. The van der Waals surface area contributed by atoms with Gasteiger partial charge in [0.25, 0.3) is 5.91 Å². The van der Waals surface area contributed by atoms with Gasteiger partial charge in [-0.15, -0.1) is 0 Å². The van der Waals surface area contributed by atoms with Crippen LogP contribution in [0.25, 0.3) is 6.08 Å². The first kappa shape index (κ1) is 22.4. The molecular weight excluding hydrogens is 406 g/mol. The smallest absolute Gasteiger partial charge is 0.272 e. The van der Waals surface area contributed by atoms with E-state index in [0.29, 0.717) is 17.2 Å². The highest BCUT2D eigenvalue weighted by atomic mass is 32.2. The standard InChI is InChI=1S/C22H28F2N4OS/c1-4-6-14(7-5-2)19-11-9-16-20(30(25)27-19)13-28(3)21(16)22(29)26-15-8-10-17(23)18(24)12-15/h8-14,19H,4-7H2,1-3H3,(H2,25,27)(H,26,29). The van der Waals surface area contributed by atoms with E-state index in [9.17, 15) is 13.6 Å². The van der Waals surface area contributed by atoms with E-state index >= 15 is 0 Å². The first-order chi connectivity index (χ1) is 14.3. The van der Waals surface area contributed by atoms with Crippen LogP contribution in [-0.2, 0) is 17.9 Å². The lowest BCUT2D eigenvalue weighted by Crippen LogP contribution is -2.34. The number of hydrogen-bond acceptors (Lipinski definition) is 2. The first-order valence-electron chi connectivity index (χ1n) is 10.2. The van der Waals surface area contributed by atoms with Crippen molar-refractivity contribution in [2.24, 2.45) is 13.0 Å². The van der Waals surface area contributed by atoms with E-state index in [-0.39, 0.29) is 11.7 Å². The first-order valence-corrected chi connectivity index (χ1v) is 11.4. The minimum absolute atomic E-state index is 0.0746. The van der Waals surface area contributed by atoms with Gasteiger partial charge in [-0.05, 0) is 41.8 Å². The molecule has 30 heavy (non-hydrogen) atoms. The van der Waals surface area contributed by atoms with E-state index in [1.54, 1.807) is 17.8 Å². The molecule has 0 spiro atoms. The van der Waals surface area contributed by atoms with Crippen molar-refractivity contribution < 1.29 is 13.6 Å². The molecule has 2 aromatic rings. The number of fused-ring (bicyclic) bond motifs is 1. The Bertz CT molecular complexity index is 980. The Morgan fingerprint density at radius 3 is 2.60 bits per heavy atom. The summed E-state index contributed by atoms with van der Waals surface area (Å²) in [6.07, 6.45) is 10.1. The van der Waals surface area contributed by atoms with E-state index in [1.165, 1.54) is 6.07 Å². The predicted octanol–water partition coefficient (Wildman–Crippen LogP) is 5.41. The molecular formula is C22H28F2N4OS. The van der Waals surface area contributed by atoms with Crippen LogP contribution in [-0.4, -0.2) is 16.5 Å². The molecule has 1 aromatic heterocycles. The number of nitrogens with one attached hydrogen (secondary N) is 3. The van der Waals surface area contributed by atoms with Gasteiger partial charge in [0, 0.05) is 36.6 Å². The molecule has 8 heteroatoms. The number of amides is 1. The number of benzene rings is 1. The average molecular weight is 435 g/mol. The Labute approximate surface area is 178 Å². The fourth-order valence-corrected chi connectivity index (χ4v) is 5.24. The van der Waals surface area contributed by atoms with Crippen LogP contribution in [0.1, 0.15) is 55.6 Å². The van der Waals surface area contributed by atoms with Crippen LogP contribution in [0, 0.1) is 22.3 Å². The molecule has 0 aliphatic carbocycles. The Kier molecular flexibility index (Phi) is 7.20. The van der Waals surface area contributed by atoms with Gasteiger partial charge in [0.15, 0.2) is 11.6 Å². The molecule has 0 bridgehead atoms. The van der Waals surface area contributed by atoms with Gasteiger partial charge >= 0.3 is 0 Å². The maximum absolute atomic E-state index is 13.5. The summed E-state index contributed by atoms with van der Waals surface area (Å²) < 4.78 is 40.4. The monoisotopic (exact) mass is 434 g/mol. The maximum Gasteiger partial charge on any atom is 0.272 e. The van der Waals surface area contributed by atoms with Crippen LogP contribution in [0.3, 0.4) is 0 Å². The molecule has 0 radical (unpaired) electrons. The van der Waals surface area contributed by atoms with Crippen LogP contribution in [0.5, 0.6) is 0 Å². The summed E-state index contributed by atoms with van der Waals surface area (Å²) in [5, 5.41) is 2.63. The molecule has 3 rings (SSSR count). The summed E-state index contributed by atoms with van der Waals surface area (Å²) in [5.41, 5.74) is 1.26. The topological polar surface area (TPSA) is 69.9 Å². The molecule has 5 nitrogen and oxygen atoms in total. The summed E-state index contributed by atoms with van der Waals surface area (Å²) in [5.74, 6) is -1.97. The van der Waals surface area contributed by atoms with Crippen molar-refractivity contribution in [1.82, 2.24) is 9.29 Å². The van der Waals surface area contributed by atoms with Crippen molar-refractivity contribution in [3.05, 3.63) is 53.4 Å². The Morgan fingerprint density at radius 2 is 1.97 bits per heavy atom. The van der Waals surface area contributed by atoms with Crippen molar-refractivity contribution >= 4 is 28.5 Å². The lowest BCUT2D eigenvalue weighted by atomic mass is 9.90. The summed E-state index contributed by atoms with van der Waals surface area (Å²) in [6, 6.07) is 3.33. The Morgan fingerprint density at radius 1 is 1.27 bits per heavy atom. The number of nitrogens with zero attached hydrogens (tertiary/aromatic N) is 1. The lowest BCUT2D eigenvalue weighted by molar-refractivity contribution is 0.101. The van der Waals surface area contributed by atoms with Gasteiger partial charge in [-0.3, -0.25) is 9.57 Å². The number of halogens is 2. The minimum atomic E-state index is -1.02. The molecule has 3 N–H and O–H groups in total. The van der Waals surface area contributed by atoms with E-state index in [0.717, 1.165) is 42.7 Å². The lowest BCUT2D eigenvalue weighted by Gasteiger charge is -2.24. The van der Waals surface area contributed by atoms with Crippen LogP contribution < -0.4 is 10.0 Å². The molecule has 1 amide bonds. The highest BCUT2D eigenvalue weighted by molar-refractivity contribution is 7.84. The van der Waals surface area contributed by atoms with Crippen molar-refractivity contribution in [2.75, 3.05) is 5.32 Å². The molecule has 0 fully saturated rings. The van der Waals surface area contributed by atoms with Crippen molar-refractivity contribution in [3.8, 4) is 0 Å². The van der Waals surface area contributed by atoms with Gasteiger partial charge in [-0.1, -0.05) is 38.8 Å². The number of aryl methyl sites for hydroxylation is 1. The van der Waals surface area contributed by atoms with Gasteiger partial charge in [0.1, 0.15) is 5.69 Å². The Hall–Kier alpha value is -2.32. The predicted molar refractivity (Wildman–Crippen MR) is 117 cm³/mol. The van der Waals surface area contributed by atoms with Crippen LogP contribution in [0.4, 0.5) is 14.5 Å². The van der Waals surface area contributed by atoms with Gasteiger partial charge in [-0.2, -0.15) is 0 Å². The summed E-state index contributed by atoms with van der Waals surface area (Å²) in [6.45, 7) is 4.33. The van der Waals surface area contributed by atoms with E-state index in [2.05, 4.69) is 30.0 Å². The van der Waals surface area contributed by atoms with Gasteiger partial charge in [0.2, 0.25) is 0 Å². The summed E-state index contributed by atoms with van der Waals surface area (Å²) in [4.78, 5) is 13.7. The molecule has 0 saturated heterocycles. The fourth-order valence-electron chi connectivity index (χ4n) is 3.92. The average Bonchev–Trinajstić information content (AvgIpc) is 2.95. The van der Waals surface area contributed by atoms with Crippen molar-refractivity contribution in [2.45, 2.75) is 50.5 Å². The van der Waals surface area contributed by atoms with Gasteiger partial charge < -0.3 is 9.88 Å². The zero-order valence-corrected chi connectivity index (χ0v) is 18.3. The second-order valence-corrected chi connectivity index (χ2v) is 8.88. The van der Waals surface area contributed by atoms with Crippen molar-refractivity contribution in [3.63, 3.8) is 0 Å². The largest absolute Gasteiger partial charge is 0.345 e. The number of rotatable bonds is 7. The number of anilines is 1. The number of carbonyl (C=O) groups excluding carboxylic acids is 1. The molecule has 2 unspecified atom stereocenters. The molecule has 1 aromatic carbocycles. The summed E-state index contributed by atoms with van der Waals surface area (Å²) in [7, 11) is 0.772. The molecule has 0 saturated carbocycles. The molecule has 2 heterocycles. The molecule has 1 aliphatic heterocycles. The third kappa shape index (κ3) is 4.70. The minimum Gasteiger partial charge on any atom is -0.345 e. The van der Waals surface area contributed by atoms with Crippen LogP contribution >= 0.6 is 0 Å². The third-order valence-corrected chi connectivity index (χ3v) is 6.62. The van der Waals surface area contributed by atoms with Crippen molar-refractivity contribution in [1.29, 1.82) is 4.78 Å². The quantitative estimate of drug-likeness (QED) is 0.545. The van der Waals surface area contributed by atoms with E-state index in [4.69, 9.17) is 4.78 Å². The normalized spacial score (nSPS) is 18.3. The molecule has 1 aliphatic rings. The van der Waals surface area contributed by atoms with E-state index < -0.39 is 28.4 Å². The molecule has 2 atom stereocenters. The van der Waals surface area contributed by atoms with Crippen LogP contribution in [0.15, 0.2) is 35.4 Å². The second kappa shape index (κ2) is 9.66. The Balaban J connectivity index is 1.91. The van der Waals surface area contributed by atoms with E-state index in [1.807, 2.05) is 6.08 Å². The number of aromatic nitrogens is 1. The molecule has 162 valence electrons.